The van der Waals surface area contributed by atoms with Crippen molar-refractivity contribution < 1.29 is 18.7 Å². The SMILES string of the molecule is CN(C)C(=O)COc1ccc(NC(=O)Cc2ccccc2F)cc1. The Morgan fingerprint density at radius 3 is 2.38 bits per heavy atom. The van der Waals surface area contributed by atoms with Gasteiger partial charge in [0.05, 0.1) is 6.42 Å². The summed E-state index contributed by atoms with van der Waals surface area (Å²) in [6.07, 6.45) is -0.0394. The summed E-state index contributed by atoms with van der Waals surface area (Å²) < 4.78 is 18.9. The maximum absolute atomic E-state index is 13.5. The predicted molar refractivity (Wildman–Crippen MR) is 89.4 cm³/mol. The molecule has 0 aliphatic carbocycles. The zero-order chi connectivity index (χ0) is 17.5. The number of anilines is 1. The van der Waals surface area contributed by atoms with E-state index >= 15 is 0 Å². The van der Waals surface area contributed by atoms with Crippen molar-refractivity contribution in [2.24, 2.45) is 0 Å². The summed E-state index contributed by atoms with van der Waals surface area (Å²) in [6, 6.07) is 12.8. The van der Waals surface area contributed by atoms with Crippen LogP contribution in [-0.2, 0) is 16.0 Å². The standard InChI is InChI=1S/C18H19FN2O3/c1-21(2)18(23)12-24-15-9-7-14(8-10-15)20-17(22)11-13-5-3-4-6-16(13)19/h3-10H,11-12H2,1-2H3,(H,20,22). The molecule has 0 fully saturated rings. The molecule has 2 rings (SSSR count). The summed E-state index contributed by atoms with van der Waals surface area (Å²) in [5.74, 6) is -0.326. The second kappa shape index (κ2) is 8.10. The molecule has 2 aromatic rings. The smallest absolute Gasteiger partial charge is 0.259 e. The molecule has 0 atom stereocenters. The van der Waals surface area contributed by atoms with E-state index in [1.807, 2.05) is 0 Å². The van der Waals surface area contributed by atoms with Crippen LogP contribution in [0.25, 0.3) is 0 Å². The fourth-order valence-corrected chi connectivity index (χ4v) is 1.93. The highest BCUT2D eigenvalue weighted by Gasteiger charge is 2.08. The quantitative estimate of drug-likeness (QED) is 0.885. The molecule has 1 N–H and O–H groups in total. The zero-order valence-corrected chi connectivity index (χ0v) is 13.6. The van der Waals surface area contributed by atoms with E-state index in [9.17, 15) is 14.0 Å². The first-order valence-corrected chi connectivity index (χ1v) is 7.42. The third-order valence-electron chi connectivity index (χ3n) is 3.31. The zero-order valence-electron chi connectivity index (χ0n) is 13.6. The van der Waals surface area contributed by atoms with E-state index in [2.05, 4.69) is 5.32 Å². The van der Waals surface area contributed by atoms with Gasteiger partial charge in [0, 0.05) is 19.8 Å². The minimum absolute atomic E-state index is 0.0394. The predicted octanol–water partition coefficient (Wildman–Crippen LogP) is 2.47. The van der Waals surface area contributed by atoms with E-state index in [1.165, 1.54) is 11.0 Å². The number of likely N-dealkylation sites (N-methyl/N-ethyl adjacent to an activating group) is 1. The van der Waals surface area contributed by atoms with Gasteiger partial charge in [-0.05, 0) is 35.9 Å². The number of nitrogens with one attached hydrogen (secondary N) is 1. The van der Waals surface area contributed by atoms with Gasteiger partial charge in [-0.1, -0.05) is 18.2 Å². The summed E-state index contributed by atoms with van der Waals surface area (Å²) in [7, 11) is 3.31. The van der Waals surface area contributed by atoms with E-state index in [0.29, 0.717) is 17.0 Å². The molecule has 2 aromatic carbocycles. The van der Waals surface area contributed by atoms with Crippen LogP contribution in [-0.4, -0.2) is 37.4 Å². The lowest BCUT2D eigenvalue weighted by atomic mass is 10.1. The molecule has 0 radical (unpaired) electrons. The molecule has 0 aliphatic heterocycles. The number of hydrogen-bond donors (Lipinski definition) is 1. The van der Waals surface area contributed by atoms with Gasteiger partial charge >= 0.3 is 0 Å². The van der Waals surface area contributed by atoms with Gasteiger partial charge < -0.3 is 15.0 Å². The summed E-state index contributed by atoms with van der Waals surface area (Å²) in [5, 5.41) is 2.69. The van der Waals surface area contributed by atoms with Gasteiger partial charge in [-0.25, -0.2) is 4.39 Å². The Labute approximate surface area is 140 Å². The molecule has 0 aliphatic rings. The summed E-state index contributed by atoms with van der Waals surface area (Å²) >= 11 is 0. The highest BCUT2D eigenvalue weighted by atomic mass is 19.1. The number of nitrogens with zero attached hydrogens (tertiary/aromatic N) is 1. The number of hydrogen-bond acceptors (Lipinski definition) is 3. The van der Waals surface area contributed by atoms with Crippen molar-refractivity contribution in [2.45, 2.75) is 6.42 Å². The lowest BCUT2D eigenvalue weighted by molar-refractivity contribution is -0.130. The molecule has 0 saturated carbocycles. The summed E-state index contributed by atoms with van der Waals surface area (Å²) in [6.45, 7) is -0.0496. The first kappa shape index (κ1) is 17.5. The lowest BCUT2D eigenvalue weighted by Gasteiger charge is -2.12. The molecule has 0 saturated heterocycles. The van der Waals surface area contributed by atoms with Crippen molar-refractivity contribution in [3.63, 3.8) is 0 Å². The third-order valence-corrected chi connectivity index (χ3v) is 3.31. The Hall–Kier alpha value is -2.89. The van der Waals surface area contributed by atoms with Crippen LogP contribution in [0.2, 0.25) is 0 Å². The van der Waals surface area contributed by atoms with Crippen LogP contribution < -0.4 is 10.1 Å². The molecule has 6 heteroatoms. The Kier molecular flexibility index (Phi) is 5.89. The molecular formula is C18H19FN2O3. The van der Waals surface area contributed by atoms with E-state index < -0.39 is 5.82 Å². The molecule has 0 unspecified atom stereocenters. The Morgan fingerprint density at radius 1 is 1.08 bits per heavy atom. The van der Waals surface area contributed by atoms with Crippen LogP contribution in [0.4, 0.5) is 10.1 Å². The van der Waals surface area contributed by atoms with E-state index in [1.54, 1.807) is 56.6 Å². The number of halogens is 1. The number of carbonyl (C=O) groups is 2. The molecule has 126 valence electrons. The largest absolute Gasteiger partial charge is 0.484 e. The maximum atomic E-state index is 13.5. The van der Waals surface area contributed by atoms with Crippen molar-refractivity contribution >= 4 is 17.5 Å². The lowest BCUT2D eigenvalue weighted by Crippen LogP contribution is -2.27. The summed E-state index contributed by atoms with van der Waals surface area (Å²) in [5.41, 5.74) is 0.916. The van der Waals surface area contributed by atoms with Crippen molar-refractivity contribution in [1.29, 1.82) is 0 Å². The van der Waals surface area contributed by atoms with Crippen molar-refractivity contribution in [3.05, 3.63) is 59.9 Å². The van der Waals surface area contributed by atoms with Crippen LogP contribution >= 0.6 is 0 Å². The first-order valence-electron chi connectivity index (χ1n) is 7.42. The van der Waals surface area contributed by atoms with Crippen LogP contribution in [0.1, 0.15) is 5.56 Å². The van der Waals surface area contributed by atoms with Gasteiger partial charge in [-0.3, -0.25) is 9.59 Å². The third kappa shape index (κ3) is 5.08. The second-order valence-electron chi connectivity index (χ2n) is 5.42. The van der Waals surface area contributed by atoms with E-state index in [0.717, 1.165) is 0 Å². The second-order valence-corrected chi connectivity index (χ2v) is 5.42. The number of rotatable bonds is 6. The fourth-order valence-electron chi connectivity index (χ4n) is 1.93. The van der Waals surface area contributed by atoms with Crippen LogP contribution in [0.3, 0.4) is 0 Å². The highest BCUT2D eigenvalue weighted by molar-refractivity contribution is 5.92. The van der Waals surface area contributed by atoms with E-state index in [-0.39, 0.29) is 24.8 Å². The average molecular weight is 330 g/mol. The van der Waals surface area contributed by atoms with Gasteiger partial charge in [0.1, 0.15) is 11.6 Å². The van der Waals surface area contributed by atoms with Crippen LogP contribution in [0.15, 0.2) is 48.5 Å². The minimum Gasteiger partial charge on any atom is -0.484 e. The molecule has 0 bridgehead atoms. The topological polar surface area (TPSA) is 58.6 Å². The van der Waals surface area contributed by atoms with E-state index in [4.69, 9.17) is 4.74 Å². The number of benzene rings is 2. The number of ether oxygens (including phenoxy) is 1. The maximum Gasteiger partial charge on any atom is 0.259 e. The van der Waals surface area contributed by atoms with Crippen molar-refractivity contribution in [2.75, 3.05) is 26.0 Å². The average Bonchev–Trinajstić information content (AvgIpc) is 2.56. The highest BCUT2D eigenvalue weighted by Crippen LogP contribution is 2.16. The van der Waals surface area contributed by atoms with Gasteiger partial charge in [-0.15, -0.1) is 0 Å². The van der Waals surface area contributed by atoms with Crippen molar-refractivity contribution in [1.82, 2.24) is 4.90 Å². The molecule has 5 nitrogen and oxygen atoms in total. The minimum atomic E-state index is -0.401. The van der Waals surface area contributed by atoms with Gasteiger partial charge in [0.2, 0.25) is 5.91 Å². The molecule has 2 amide bonds. The molecule has 0 aromatic heterocycles. The fraction of sp³-hybridized carbons (Fsp3) is 0.222. The first-order chi connectivity index (χ1) is 11.5. The van der Waals surface area contributed by atoms with Gasteiger partial charge in [0.15, 0.2) is 6.61 Å². The Bertz CT molecular complexity index is 714. The van der Waals surface area contributed by atoms with Crippen molar-refractivity contribution in [3.8, 4) is 5.75 Å². The van der Waals surface area contributed by atoms with Gasteiger partial charge in [-0.2, -0.15) is 0 Å². The monoisotopic (exact) mass is 330 g/mol. The molecule has 24 heavy (non-hydrogen) atoms. The van der Waals surface area contributed by atoms with Gasteiger partial charge in [0.25, 0.3) is 5.91 Å². The molecule has 0 spiro atoms. The molecule has 0 heterocycles. The normalized spacial score (nSPS) is 10.1. The van der Waals surface area contributed by atoms with Crippen LogP contribution in [0, 0.1) is 5.82 Å². The number of carbonyl (C=O) groups excluding carboxylic acids is 2. The molecular weight excluding hydrogens is 311 g/mol. The Morgan fingerprint density at radius 2 is 1.75 bits per heavy atom. The summed E-state index contributed by atoms with van der Waals surface area (Å²) in [4.78, 5) is 24.8. The number of amides is 2. The van der Waals surface area contributed by atoms with Crippen LogP contribution in [0.5, 0.6) is 5.75 Å². The Balaban J connectivity index is 1.88.